The lowest BCUT2D eigenvalue weighted by atomic mass is 10.2. The molecule has 6 heteroatoms. The SMILES string of the molecule is O=C(/C=C/c1cccc(F)c1)Nc1nnc(Cc2ccccc2)s1. The molecular weight excluding hydrogens is 325 g/mol. The number of hydrogen-bond acceptors (Lipinski definition) is 4. The summed E-state index contributed by atoms with van der Waals surface area (Å²) in [4.78, 5) is 11.9. The summed E-state index contributed by atoms with van der Waals surface area (Å²) in [5, 5.41) is 12.0. The van der Waals surface area contributed by atoms with Gasteiger partial charge >= 0.3 is 0 Å². The zero-order chi connectivity index (χ0) is 16.8. The highest BCUT2D eigenvalue weighted by molar-refractivity contribution is 7.15. The van der Waals surface area contributed by atoms with E-state index in [1.165, 1.54) is 29.5 Å². The molecule has 0 unspecified atom stereocenters. The standard InChI is InChI=1S/C18H14FN3OS/c19-15-8-4-7-14(11-15)9-10-16(23)20-18-22-21-17(24-18)12-13-5-2-1-3-6-13/h1-11H,12H2,(H,20,22,23)/b10-9+. The van der Waals surface area contributed by atoms with E-state index in [0.717, 1.165) is 10.6 Å². The van der Waals surface area contributed by atoms with E-state index in [1.54, 1.807) is 18.2 Å². The number of carbonyl (C=O) groups is 1. The van der Waals surface area contributed by atoms with Crippen LogP contribution in [-0.4, -0.2) is 16.1 Å². The Labute approximate surface area is 142 Å². The molecule has 4 nitrogen and oxygen atoms in total. The molecule has 0 aliphatic heterocycles. The molecule has 0 spiro atoms. The Morgan fingerprint density at radius 1 is 1.12 bits per heavy atom. The maximum absolute atomic E-state index is 13.1. The van der Waals surface area contributed by atoms with Gasteiger partial charge in [-0.25, -0.2) is 4.39 Å². The van der Waals surface area contributed by atoms with Crippen LogP contribution in [0, 0.1) is 5.82 Å². The van der Waals surface area contributed by atoms with Crippen LogP contribution < -0.4 is 5.32 Å². The minimum Gasteiger partial charge on any atom is -0.297 e. The average Bonchev–Trinajstić information content (AvgIpc) is 3.01. The first kappa shape index (κ1) is 16.0. The second kappa shape index (κ2) is 7.61. The molecule has 0 atom stereocenters. The molecule has 3 aromatic rings. The predicted octanol–water partition coefficient (Wildman–Crippen LogP) is 3.92. The molecule has 0 saturated heterocycles. The summed E-state index contributed by atoms with van der Waals surface area (Å²) in [7, 11) is 0. The number of benzene rings is 2. The molecule has 2 aromatic carbocycles. The first-order chi connectivity index (χ1) is 11.7. The number of rotatable bonds is 5. The van der Waals surface area contributed by atoms with E-state index in [9.17, 15) is 9.18 Å². The fourth-order valence-corrected chi connectivity index (χ4v) is 2.85. The minimum atomic E-state index is -0.341. The van der Waals surface area contributed by atoms with Crippen molar-refractivity contribution in [3.63, 3.8) is 0 Å². The maximum Gasteiger partial charge on any atom is 0.250 e. The van der Waals surface area contributed by atoms with Gasteiger partial charge in [-0.05, 0) is 29.3 Å². The number of aromatic nitrogens is 2. The number of amides is 1. The Hall–Kier alpha value is -2.86. The van der Waals surface area contributed by atoms with Crippen LogP contribution in [0.1, 0.15) is 16.1 Å². The van der Waals surface area contributed by atoms with Gasteiger partial charge in [0.25, 0.3) is 0 Å². The van der Waals surface area contributed by atoms with E-state index in [2.05, 4.69) is 15.5 Å². The van der Waals surface area contributed by atoms with Gasteiger partial charge in [0.1, 0.15) is 10.8 Å². The third-order valence-electron chi connectivity index (χ3n) is 3.17. The van der Waals surface area contributed by atoms with E-state index < -0.39 is 0 Å². The molecule has 0 radical (unpaired) electrons. The summed E-state index contributed by atoms with van der Waals surface area (Å²) in [6.07, 6.45) is 3.56. The topological polar surface area (TPSA) is 54.9 Å². The monoisotopic (exact) mass is 339 g/mol. The van der Waals surface area contributed by atoms with Gasteiger partial charge in [-0.1, -0.05) is 53.8 Å². The van der Waals surface area contributed by atoms with Crippen LogP contribution in [-0.2, 0) is 11.2 Å². The van der Waals surface area contributed by atoms with Crippen LogP contribution in [0.3, 0.4) is 0 Å². The van der Waals surface area contributed by atoms with Crippen molar-refractivity contribution in [2.45, 2.75) is 6.42 Å². The third kappa shape index (κ3) is 4.57. The lowest BCUT2D eigenvalue weighted by Crippen LogP contribution is -2.07. The summed E-state index contributed by atoms with van der Waals surface area (Å²) < 4.78 is 13.1. The van der Waals surface area contributed by atoms with E-state index in [4.69, 9.17) is 0 Å². The van der Waals surface area contributed by atoms with Gasteiger partial charge in [0.2, 0.25) is 11.0 Å². The van der Waals surface area contributed by atoms with Crippen molar-refractivity contribution < 1.29 is 9.18 Å². The summed E-state index contributed by atoms with van der Waals surface area (Å²) in [5.41, 5.74) is 1.75. The highest BCUT2D eigenvalue weighted by atomic mass is 32.1. The number of nitrogens with zero attached hydrogens (tertiary/aromatic N) is 2. The van der Waals surface area contributed by atoms with E-state index >= 15 is 0 Å². The Bertz CT molecular complexity index is 861. The van der Waals surface area contributed by atoms with Crippen LogP contribution in [0.25, 0.3) is 6.08 Å². The van der Waals surface area contributed by atoms with E-state index in [1.807, 2.05) is 30.3 Å². The molecule has 1 amide bonds. The van der Waals surface area contributed by atoms with Gasteiger partial charge in [-0.2, -0.15) is 0 Å². The van der Waals surface area contributed by atoms with Crippen molar-refractivity contribution in [1.29, 1.82) is 0 Å². The Kier molecular flexibility index (Phi) is 5.08. The number of halogens is 1. The van der Waals surface area contributed by atoms with Crippen LogP contribution >= 0.6 is 11.3 Å². The van der Waals surface area contributed by atoms with E-state index in [0.29, 0.717) is 17.1 Å². The molecule has 0 saturated carbocycles. The number of carbonyl (C=O) groups excluding carboxylic acids is 1. The quantitative estimate of drug-likeness (QED) is 0.717. The third-order valence-corrected chi connectivity index (χ3v) is 4.01. The number of hydrogen-bond donors (Lipinski definition) is 1. The van der Waals surface area contributed by atoms with Gasteiger partial charge in [0, 0.05) is 12.5 Å². The van der Waals surface area contributed by atoms with Crippen molar-refractivity contribution >= 4 is 28.5 Å². The van der Waals surface area contributed by atoms with Crippen LogP contribution in [0.4, 0.5) is 9.52 Å². The van der Waals surface area contributed by atoms with Crippen molar-refractivity contribution in [2.24, 2.45) is 0 Å². The predicted molar refractivity (Wildman–Crippen MR) is 93.2 cm³/mol. The molecule has 1 N–H and O–H groups in total. The van der Waals surface area contributed by atoms with Gasteiger partial charge in [0.05, 0.1) is 0 Å². The van der Waals surface area contributed by atoms with Gasteiger partial charge in [-0.15, -0.1) is 10.2 Å². The van der Waals surface area contributed by atoms with Crippen LogP contribution in [0.15, 0.2) is 60.7 Å². The normalized spacial score (nSPS) is 10.9. The molecule has 24 heavy (non-hydrogen) atoms. The van der Waals surface area contributed by atoms with E-state index in [-0.39, 0.29) is 11.7 Å². The Morgan fingerprint density at radius 3 is 2.75 bits per heavy atom. The zero-order valence-electron chi connectivity index (χ0n) is 12.6. The van der Waals surface area contributed by atoms with Crippen LogP contribution in [0.2, 0.25) is 0 Å². The number of nitrogens with one attached hydrogen (secondary N) is 1. The van der Waals surface area contributed by atoms with Crippen molar-refractivity contribution in [1.82, 2.24) is 10.2 Å². The Morgan fingerprint density at radius 2 is 1.96 bits per heavy atom. The highest BCUT2D eigenvalue weighted by Gasteiger charge is 2.07. The fraction of sp³-hybridized carbons (Fsp3) is 0.0556. The van der Waals surface area contributed by atoms with Gasteiger partial charge in [-0.3, -0.25) is 10.1 Å². The second-order valence-corrected chi connectivity index (χ2v) is 6.10. The molecule has 1 aromatic heterocycles. The van der Waals surface area contributed by atoms with Crippen molar-refractivity contribution in [3.8, 4) is 0 Å². The molecule has 120 valence electrons. The molecular formula is C18H14FN3OS. The smallest absolute Gasteiger partial charge is 0.250 e. The lowest BCUT2D eigenvalue weighted by Gasteiger charge is -1.96. The summed E-state index contributed by atoms with van der Waals surface area (Å²) >= 11 is 1.33. The maximum atomic E-state index is 13.1. The second-order valence-electron chi connectivity index (χ2n) is 5.04. The summed E-state index contributed by atoms with van der Waals surface area (Å²) in [6, 6.07) is 15.9. The molecule has 0 aliphatic rings. The summed E-state index contributed by atoms with van der Waals surface area (Å²) in [5.74, 6) is -0.672. The molecule has 0 fully saturated rings. The zero-order valence-corrected chi connectivity index (χ0v) is 13.5. The Balaban J connectivity index is 1.59. The molecule has 3 rings (SSSR count). The lowest BCUT2D eigenvalue weighted by molar-refractivity contribution is -0.111. The molecule has 0 bridgehead atoms. The molecule has 1 heterocycles. The van der Waals surface area contributed by atoms with Gasteiger partial charge in [0.15, 0.2) is 0 Å². The highest BCUT2D eigenvalue weighted by Crippen LogP contribution is 2.18. The summed E-state index contributed by atoms with van der Waals surface area (Å²) in [6.45, 7) is 0. The first-order valence-electron chi connectivity index (χ1n) is 7.30. The average molecular weight is 339 g/mol. The van der Waals surface area contributed by atoms with Crippen molar-refractivity contribution in [3.05, 3.63) is 82.6 Å². The molecule has 0 aliphatic carbocycles. The fourth-order valence-electron chi connectivity index (χ4n) is 2.08. The van der Waals surface area contributed by atoms with Crippen molar-refractivity contribution in [2.75, 3.05) is 5.32 Å². The largest absolute Gasteiger partial charge is 0.297 e. The van der Waals surface area contributed by atoms with Crippen LogP contribution in [0.5, 0.6) is 0 Å². The first-order valence-corrected chi connectivity index (χ1v) is 8.11. The van der Waals surface area contributed by atoms with Gasteiger partial charge < -0.3 is 0 Å². The minimum absolute atomic E-state index is 0.332. The number of anilines is 1.